The molecule has 2 aromatic rings. The number of Topliss-reactive ketones (excluding diaryl/α,β-unsaturated/α-hetero) is 1. The first-order valence-electron chi connectivity index (χ1n) is 9.33. The Kier molecular flexibility index (Phi) is 6.00. The largest absolute Gasteiger partial charge is 0.370 e. The van der Waals surface area contributed by atoms with E-state index in [0.29, 0.717) is 12.2 Å². The van der Waals surface area contributed by atoms with Gasteiger partial charge in [0.05, 0.1) is 25.2 Å². The molecule has 1 aliphatic heterocycles. The average Bonchev–Trinajstić information content (AvgIpc) is 2.70. The molecule has 132 valence electrons. The number of quaternary nitrogens is 1. The maximum absolute atomic E-state index is 13.3. The Labute approximate surface area is 150 Å². The van der Waals surface area contributed by atoms with E-state index in [1.165, 1.54) is 4.90 Å². The van der Waals surface area contributed by atoms with Gasteiger partial charge in [-0.15, -0.1) is 0 Å². The summed E-state index contributed by atoms with van der Waals surface area (Å²) in [5, 5.41) is 0. The second kappa shape index (κ2) is 8.41. The van der Waals surface area contributed by atoms with E-state index < -0.39 is 5.41 Å². The van der Waals surface area contributed by atoms with E-state index in [-0.39, 0.29) is 0 Å². The molecule has 25 heavy (non-hydrogen) atoms. The third-order valence-electron chi connectivity index (χ3n) is 5.38. The Morgan fingerprint density at radius 1 is 0.960 bits per heavy atom. The number of morpholine rings is 1. The highest BCUT2D eigenvalue weighted by atomic mass is 16.5. The fourth-order valence-corrected chi connectivity index (χ4v) is 3.94. The van der Waals surface area contributed by atoms with Crippen LogP contribution in [0.1, 0.15) is 30.9 Å². The van der Waals surface area contributed by atoms with Crippen molar-refractivity contribution in [3.8, 4) is 0 Å². The molecule has 0 bridgehead atoms. The molecule has 0 aliphatic carbocycles. The van der Waals surface area contributed by atoms with Crippen LogP contribution in [-0.4, -0.2) is 38.6 Å². The quantitative estimate of drug-likeness (QED) is 0.839. The van der Waals surface area contributed by atoms with Gasteiger partial charge in [-0.1, -0.05) is 67.6 Å². The summed E-state index contributed by atoms with van der Waals surface area (Å²) in [6.45, 7) is 6.66. The Morgan fingerprint density at radius 3 is 1.96 bits per heavy atom. The molecule has 2 aromatic carbocycles. The number of hydrogen-bond acceptors (Lipinski definition) is 2. The van der Waals surface area contributed by atoms with Gasteiger partial charge in [0.25, 0.3) is 0 Å². The number of carbonyl (C=O) groups excluding carboxylic acids is 1. The zero-order valence-corrected chi connectivity index (χ0v) is 15.0. The second-order valence-electron chi connectivity index (χ2n) is 6.78. The van der Waals surface area contributed by atoms with Crippen molar-refractivity contribution in [1.82, 2.24) is 0 Å². The molecule has 0 aromatic heterocycles. The van der Waals surface area contributed by atoms with Crippen LogP contribution in [0.3, 0.4) is 0 Å². The smallest absolute Gasteiger partial charge is 0.147 e. The first-order chi connectivity index (χ1) is 12.3. The summed E-state index contributed by atoms with van der Waals surface area (Å²) in [4.78, 5) is 14.8. The fraction of sp³-hybridized carbons (Fsp3) is 0.409. The Balaban J connectivity index is 2.00. The van der Waals surface area contributed by atoms with Gasteiger partial charge in [0.1, 0.15) is 18.9 Å². The number of ether oxygens (including phenoxy) is 1. The summed E-state index contributed by atoms with van der Waals surface area (Å²) in [7, 11) is 0. The molecule has 3 rings (SSSR count). The lowest BCUT2D eigenvalue weighted by Gasteiger charge is -2.35. The number of rotatable bonds is 7. The van der Waals surface area contributed by atoms with Gasteiger partial charge < -0.3 is 9.64 Å². The van der Waals surface area contributed by atoms with Gasteiger partial charge in [-0.25, -0.2) is 0 Å². The van der Waals surface area contributed by atoms with Crippen LogP contribution < -0.4 is 4.90 Å². The van der Waals surface area contributed by atoms with Crippen molar-refractivity contribution in [2.24, 2.45) is 0 Å². The van der Waals surface area contributed by atoms with E-state index >= 15 is 0 Å². The SMILES string of the molecule is CCC(=O)C(CC[NH+]1CCOCC1)(c1ccccc1)c1ccccc1. The van der Waals surface area contributed by atoms with Crippen LogP contribution >= 0.6 is 0 Å². The minimum absolute atomic E-state index is 0.303. The molecule has 3 nitrogen and oxygen atoms in total. The Morgan fingerprint density at radius 2 is 1.48 bits per heavy atom. The van der Waals surface area contributed by atoms with Gasteiger partial charge in [-0.05, 0) is 11.1 Å². The molecule has 0 unspecified atom stereocenters. The standard InChI is InChI=1S/C22H27NO2/c1-2-21(24)22(19-9-5-3-6-10-19,20-11-7-4-8-12-20)13-14-23-15-17-25-18-16-23/h3-12H,2,13-18H2,1H3/p+1. The van der Waals surface area contributed by atoms with Crippen molar-refractivity contribution in [3.63, 3.8) is 0 Å². The summed E-state index contributed by atoms with van der Waals surface area (Å²) in [5.41, 5.74) is 1.67. The van der Waals surface area contributed by atoms with Crippen molar-refractivity contribution in [2.75, 3.05) is 32.8 Å². The van der Waals surface area contributed by atoms with Crippen LogP contribution in [0.15, 0.2) is 60.7 Å². The summed E-state index contributed by atoms with van der Waals surface area (Å²) in [6, 6.07) is 20.6. The lowest BCUT2D eigenvalue weighted by atomic mass is 9.68. The zero-order chi connectivity index (χ0) is 17.5. The topological polar surface area (TPSA) is 30.7 Å². The van der Waals surface area contributed by atoms with Crippen LogP contribution in [0.5, 0.6) is 0 Å². The molecule has 1 saturated heterocycles. The van der Waals surface area contributed by atoms with Gasteiger partial charge in [0.15, 0.2) is 0 Å². The molecule has 0 radical (unpaired) electrons. The highest BCUT2D eigenvalue weighted by molar-refractivity contribution is 5.93. The molecular weight excluding hydrogens is 310 g/mol. The van der Waals surface area contributed by atoms with Gasteiger partial charge >= 0.3 is 0 Å². The van der Waals surface area contributed by atoms with Crippen molar-refractivity contribution < 1.29 is 14.4 Å². The Hall–Kier alpha value is -1.97. The summed E-state index contributed by atoms with van der Waals surface area (Å²) in [6.07, 6.45) is 1.38. The number of ketones is 1. The van der Waals surface area contributed by atoms with Crippen molar-refractivity contribution in [3.05, 3.63) is 71.8 Å². The lowest BCUT2D eigenvalue weighted by Crippen LogP contribution is -3.14. The van der Waals surface area contributed by atoms with E-state index in [1.54, 1.807) is 0 Å². The van der Waals surface area contributed by atoms with E-state index in [0.717, 1.165) is 50.4 Å². The normalized spacial score (nSPS) is 15.9. The van der Waals surface area contributed by atoms with Crippen LogP contribution in [0.2, 0.25) is 0 Å². The van der Waals surface area contributed by atoms with E-state index in [4.69, 9.17) is 4.74 Å². The summed E-state index contributed by atoms with van der Waals surface area (Å²) >= 11 is 0. The van der Waals surface area contributed by atoms with Gasteiger partial charge in [-0.3, -0.25) is 4.79 Å². The van der Waals surface area contributed by atoms with Crippen molar-refractivity contribution in [2.45, 2.75) is 25.2 Å². The number of carbonyl (C=O) groups is 1. The predicted molar refractivity (Wildman–Crippen MR) is 100.0 cm³/mol. The summed E-state index contributed by atoms with van der Waals surface area (Å²) < 4.78 is 5.48. The highest BCUT2D eigenvalue weighted by Crippen LogP contribution is 2.37. The predicted octanol–water partition coefficient (Wildman–Crippen LogP) is 2.26. The van der Waals surface area contributed by atoms with Crippen molar-refractivity contribution in [1.29, 1.82) is 0 Å². The summed E-state index contributed by atoms with van der Waals surface area (Å²) in [5.74, 6) is 0.303. The third-order valence-corrected chi connectivity index (χ3v) is 5.38. The number of nitrogens with one attached hydrogen (secondary N) is 1. The minimum Gasteiger partial charge on any atom is -0.370 e. The molecule has 1 fully saturated rings. The van der Waals surface area contributed by atoms with E-state index in [1.807, 2.05) is 43.3 Å². The van der Waals surface area contributed by atoms with Crippen LogP contribution in [0, 0.1) is 0 Å². The van der Waals surface area contributed by atoms with Crippen LogP contribution in [-0.2, 0) is 14.9 Å². The maximum Gasteiger partial charge on any atom is 0.147 e. The fourth-order valence-electron chi connectivity index (χ4n) is 3.94. The zero-order valence-electron chi connectivity index (χ0n) is 15.0. The molecule has 1 heterocycles. The molecule has 0 spiro atoms. The number of benzene rings is 2. The van der Waals surface area contributed by atoms with Crippen LogP contribution in [0.4, 0.5) is 0 Å². The van der Waals surface area contributed by atoms with Crippen molar-refractivity contribution >= 4 is 5.78 Å². The second-order valence-corrected chi connectivity index (χ2v) is 6.78. The van der Waals surface area contributed by atoms with Gasteiger partial charge in [0.2, 0.25) is 0 Å². The monoisotopic (exact) mass is 338 g/mol. The van der Waals surface area contributed by atoms with Gasteiger partial charge in [0, 0.05) is 12.8 Å². The third kappa shape index (κ3) is 3.83. The molecule has 0 amide bonds. The maximum atomic E-state index is 13.3. The first kappa shape index (κ1) is 17.8. The number of hydrogen-bond donors (Lipinski definition) is 1. The highest BCUT2D eigenvalue weighted by Gasteiger charge is 2.41. The molecule has 1 N–H and O–H groups in total. The van der Waals surface area contributed by atoms with Crippen LogP contribution in [0.25, 0.3) is 0 Å². The molecule has 1 aliphatic rings. The molecule has 0 atom stereocenters. The molecule has 3 heteroatoms. The molecule has 0 saturated carbocycles. The lowest BCUT2D eigenvalue weighted by molar-refractivity contribution is -0.908. The van der Waals surface area contributed by atoms with E-state index in [2.05, 4.69) is 24.3 Å². The average molecular weight is 338 g/mol. The molecular formula is C22H28NO2+. The Bertz CT molecular complexity index is 623. The first-order valence-corrected chi connectivity index (χ1v) is 9.33. The van der Waals surface area contributed by atoms with Gasteiger partial charge in [-0.2, -0.15) is 0 Å². The van der Waals surface area contributed by atoms with E-state index in [9.17, 15) is 4.79 Å². The minimum atomic E-state index is -0.553.